The monoisotopic (exact) mass is 398 g/mol. The van der Waals surface area contributed by atoms with Crippen molar-refractivity contribution in [3.05, 3.63) is 90.4 Å². The van der Waals surface area contributed by atoms with Crippen molar-refractivity contribution in [3.8, 4) is 0 Å². The molecule has 0 bridgehead atoms. The van der Waals surface area contributed by atoms with Crippen LogP contribution in [0.15, 0.2) is 78.7 Å². The van der Waals surface area contributed by atoms with Gasteiger partial charge in [-0.15, -0.1) is 0 Å². The Balaban J connectivity index is 1.55. The second kappa shape index (κ2) is 8.70. The molecule has 1 fully saturated rings. The number of piperidine rings is 1. The van der Waals surface area contributed by atoms with Gasteiger partial charge >= 0.3 is 0 Å². The van der Waals surface area contributed by atoms with Crippen molar-refractivity contribution < 1.29 is 0 Å². The lowest BCUT2D eigenvalue weighted by molar-refractivity contribution is 0.275. The molecule has 30 heavy (non-hydrogen) atoms. The van der Waals surface area contributed by atoms with Crippen LogP contribution in [0.5, 0.6) is 0 Å². The van der Waals surface area contributed by atoms with Gasteiger partial charge in [-0.25, -0.2) is 4.99 Å². The largest absolute Gasteiger partial charge is 0.342 e. The number of likely N-dealkylation sites (N-methyl/N-ethyl adjacent to an activating group) is 1. The molecule has 4 nitrogen and oxygen atoms in total. The Morgan fingerprint density at radius 1 is 1.13 bits per heavy atom. The van der Waals surface area contributed by atoms with Gasteiger partial charge in [-0.1, -0.05) is 44.3 Å². The topological polar surface area (TPSA) is 31.7 Å². The Hall–Kier alpha value is -3.14. The van der Waals surface area contributed by atoms with Crippen LogP contribution in [0.1, 0.15) is 36.5 Å². The summed E-state index contributed by atoms with van der Waals surface area (Å²) in [6.07, 6.45) is 9.00. The van der Waals surface area contributed by atoms with Gasteiger partial charge in [0, 0.05) is 49.7 Å². The molecule has 0 radical (unpaired) electrons. The highest BCUT2D eigenvalue weighted by molar-refractivity contribution is 5.91. The summed E-state index contributed by atoms with van der Waals surface area (Å²) in [5, 5.41) is 0. The molecule has 0 saturated carbocycles. The van der Waals surface area contributed by atoms with Crippen LogP contribution in [-0.4, -0.2) is 40.9 Å². The van der Waals surface area contributed by atoms with Crippen molar-refractivity contribution >= 4 is 17.2 Å². The molecule has 1 aromatic heterocycles. The number of allylic oxidation sites excluding steroid dienone is 1. The SMILES string of the molecule is C=C(c1ccc(CC)cc1)C1CCCN(C2=NC(c3ccncc3)=CC(=C)N2C)C1. The molecule has 2 aliphatic heterocycles. The highest BCUT2D eigenvalue weighted by Crippen LogP contribution is 2.32. The number of aromatic nitrogens is 1. The lowest BCUT2D eigenvalue weighted by atomic mass is 9.87. The van der Waals surface area contributed by atoms with Gasteiger partial charge in [-0.3, -0.25) is 4.98 Å². The second-order valence-electron chi connectivity index (χ2n) is 8.09. The third-order valence-electron chi connectivity index (χ3n) is 6.16. The number of likely N-dealkylation sites (tertiary alicyclic amines) is 1. The molecule has 2 aromatic rings. The van der Waals surface area contributed by atoms with E-state index in [1.165, 1.54) is 16.7 Å². The number of pyridine rings is 1. The van der Waals surface area contributed by atoms with Gasteiger partial charge in [-0.2, -0.15) is 0 Å². The first kappa shape index (κ1) is 20.1. The van der Waals surface area contributed by atoms with E-state index in [9.17, 15) is 0 Å². The molecule has 0 spiro atoms. The Kier molecular flexibility index (Phi) is 5.84. The third kappa shape index (κ3) is 4.09. The van der Waals surface area contributed by atoms with Crippen molar-refractivity contribution in [1.82, 2.24) is 14.8 Å². The average Bonchev–Trinajstić information content (AvgIpc) is 2.81. The molecule has 2 aliphatic rings. The van der Waals surface area contributed by atoms with Gasteiger partial charge < -0.3 is 9.80 Å². The van der Waals surface area contributed by atoms with Crippen LogP contribution in [0.25, 0.3) is 11.3 Å². The second-order valence-corrected chi connectivity index (χ2v) is 8.09. The van der Waals surface area contributed by atoms with E-state index >= 15 is 0 Å². The van der Waals surface area contributed by atoms with Crippen molar-refractivity contribution in [2.24, 2.45) is 10.9 Å². The van der Waals surface area contributed by atoms with Crippen molar-refractivity contribution in [2.75, 3.05) is 20.1 Å². The highest BCUT2D eigenvalue weighted by atomic mass is 15.4. The van der Waals surface area contributed by atoms with E-state index in [2.05, 4.69) is 59.1 Å². The van der Waals surface area contributed by atoms with E-state index in [-0.39, 0.29) is 0 Å². The predicted molar refractivity (Wildman–Crippen MR) is 126 cm³/mol. The number of benzene rings is 1. The number of rotatable bonds is 4. The molecule has 0 amide bonds. The van der Waals surface area contributed by atoms with Crippen LogP contribution in [0.2, 0.25) is 0 Å². The molecule has 1 aromatic carbocycles. The fourth-order valence-corrected chi connectivity index (χ4v) is 4.18. The summed E-state index contributed by atoms with van der Waals surface area (Å²) in [6.45, 7) is 12.8. The zero-order valence-corrected chi connectivity index (χ0v) is 18.0. The number of hydrogen-bond acceptors (Lipinski definition) is 4. The smallest absolute Gasteiger partial charge is 0.206 e. The molecular weight excluding hydrogens is 368 g/mol. The zero-order chi connectivity index (χ0) is 21.1. The zero-order valence-electron chi connectivity index (χ0n) is 18.0. The van der Waals surface area contributed by atoms with Gasteiger partial charge in [0.1, 0.15) is 0 Å². The molecule has 4 heteroatoms. The maximum Gasteiger partial charge on any atom is 0.206 e. The van der Waals surface area contributed by atoms with Gasteiger partial charge in [-0.05, 0) is 54.2 Å². The number of aliphatic imine (C=N–C) groups is 1. The van der Waals surface area contributed by atoms with Crippen molar-refractivity contribution in [1.29, 1.82) is 0 Å². The summed E-state index contributed by atoms with van der Waals surface area (Å²) in [4.78, 5) is 13.6. The standard InChI is InChI=1S/C26H30N4/c1-5-21-8-10-22(11-9-21)20(3)24-7-6-16-30(18-24)26-28-25(17-19(2)29(26)4)23-12-14-27-15-13-23/h8-15,17,24H,2-3,5-7,16,18H2,1,4H3. The van der Waals surface area contributed by atoms with Crippen LogP contribution < -0.4 is 0 Å². The van der Waals surface area contributed by atoms with E-state index in [4.69, 9.17) is 4.99 Å². The molecular formula is C26H30N4. The van der Waals surface area contributed by atoms with Crippen LogP contribution >= 0.6 is 0 Å². The lowest BCUT2D eigenvalue weighted by Gasteiger charge is -2.40. The predicted octanol–water partition coefficient (Wildman–Crippen LogP) is 5.23. The van der Waals surface area contributed by atoms with Gasteiger partial charge in [0.15, 0.2) is 0 Å². The Labute approximate surface area is 180 Å². The lowest BCUT2D eigenvalue weighted by Crippen LogP contribution is -2.47. The average molecular weight is 399 g/mol. The van der Waals surface area contributed by atoms with Crippen LogP contribution in [-0.2, 0) is 6.42 Å². The Morgan fingerprint density at radius 2 is 1.87 bits per heavy atom. The number of hydrogen-bond donors (Lipinski definition) is 0. The third-order valence-corrected chi connectivity index (χ3v) is 6.16. The van der Waals surface area contributed by atoms with E-state index < -0.39 is 0 Å². The van der Waals surface area contributed by atoms with Crippen molar-refractivity contribution in [2.45, 2.75) is 26.2 Å². The van der Waals surface area contributed by atoms with Crippen LogP contribution in [0, 0.1) is 5.92 Å². The van der Waals surface area contributed by atoms with Crippen LogP contribution in [0.3, 0.4) is 0 Å². The van der Waals surface area contributed by atoms with E-state index in [0.717, 1.165) is 55.3 Å². The fourth-order valence-electron chi connectivity index (χ4n) is 4.18. The minimum Gasteiger partial charge on any atom is -0.342 e. The number of guanidine groups is 1. The molecule has 4 rings (SSSR count). The minimum absolute atomic E-state index is 0.422. The van der Waals surface area contributed by atoms with E-state index in [0.29, 0.717) is 5.92 Å². The summed E-state index contributed by atoms with van der Waals surface area (Å²) < 4.78 is 0. The first-order valence-electron chi connectivity index (χ1n) is 10.7. The van der Waals surface area contributed by atoms with Gasteiger partial charge in [0.2, 0.25) is 5.96 Å². The summed E-state index contributed by atoms with van der Waals surface area (Å²) in [5.74, 6) is 1.39. The molecule has 0 aliphatic carbocycles. The quantitative estimate of drug-likeness (QED) is 0.707. The first-order valence-corrected chi connectivity index (χ1v) is 10.7. The maximum atomic E-state index is 5.01. The molecule has 0 N–H and O–H groups in total. The molecule has 1 unspecified atom stereocenters. The normalized spacial score (nSPS) is 19.4. The highest BCUT2D eigenvalue weighted by Gasteiger charge is 2.29. The minimum atomic E-state index is 0.422. The van der Waals surface area contributed by atoms with Crippen molar-refractivity contribution in [3.63, 3.8) is 0 Å². The number of nitrogens with zero attached hydrogens (tertiary/aromatic N) is 4. The number of aryl methyl sites for hydroxylation is 1. The molecule has 1 saturated heterocycles. The fraction of sp³-hybridized carbons (Fsp3) is 0.308. The maximum absolute atomic E-state index is 5.01. The first-order chi connectivity index (χ1) is 14.6. The van der Waals surface area contributed by atoms with Gasteiger partial charge in [0.25, 0.3) is 0 Å². The van der Waals surface area contributed by atoms with E-state index in [1.807, 2.05) is 25.3 Å². The summed E-state index contributed by atoms with van der Waals surface area (Å²) >= 11 is 0. The molecule has 1 atom stereocenters. The molecule has 3 heterocycles. The van der Waals surface area contributed by atoms with Gasteiger partial charge in [0.05, 0.1) is 5.70 Å². The van der Waals surface area contributed by atoms with Crippen LogP contribution in [0.4, 0.5) is 0 Å². The summed E-state index contributed by atoms with van der Waals surface area (Å²) in [6, 6.07) is 12.9. The summed E-state index contributed by atoms with van der Waals surface area (Å²) in [5.41, 5.74) is 6.79. The molecule has 154 valence electrons. The Morgan fingerprint density at radius 3 is 2.57 bits per heavy atom. The van der Waals surface area contributed by atoms with E-state index in [1.54, 1.807) is 12.4 Å². The Bertz CT molecular complexity index is 985. The summed E-state index contributed by atoms with van der Waals surface area (Å²) in [7, 11) is 2.04.